The van der Waals surface area contributed by atoms with Crippen LogP contribution in [-0.2, 0) is 13.5 Å². The summed E-state index contributed by atoms with van der Waals surface area (Å²) < 4.78 is 2.01. The molecule has 0 spiro atoms. The molecular formula is C15H16N2O. The van der Waals surface area contributed by atoms with E-state index in [4.69, 9.17) is 5.26 Å². The van der Waals surface area contributed by atoms with E-state index in [1.807, 2.05) is 30.7 Å². The quantitative estimate of drug-likeness (QED) is 0.774. The number of carbonyl (C=O) groups is 1. The van der Waals surface area contributed by atoms with Gasteiger partial charge >= 0.3 is 0 Å². The number of aryl methyl sites for hydroxylation is 2. The number of hydrogen-bond acceptors (Lipinski definition) is 2. The highest BCUT2D eigenvalue weighted by Crippen LogP contribution is 2.27. The summed E-state index contributed by atoms with van der Waals surface area (Å²) in [6.07, 6.45) is 0.881. The molecule has 1 aromatic heterocycles. The number of carbonyl (C=O) groups excluding carboxylic acids is 1. The minimum Gasteiger partial charge on any atom is -0.347 e. The van der Waals surface area contributed by atoms with Crippen LogP contribution >= 0.6 is 0 Å². The van der Waals surface area contributed by atoms with Gasteiger partial charge in [-0.1, -0.05) is 13.0 Å². The molecule has 3 heteroatoms. The summed E-state index contributed by atoms with van der Waals surface area (Å²) in [5, 5.41) is 9.66. The predicted molar refractivity (Wildman–Crippen MR) is 71.6 cm³/mol. The maximum Gasteiger partial charge on any atom is 0.179 e. The first-order valence-electron chi connectivity index (χ1n) is 6.08. The average Bonchev–Trinajstić information content (AvgIpc) is 2.62. The Morgan fingerprint density at radius 2 is 2.17 bits per heavy atom. The summed E-state index contributed by atoms with van der Waals surface area (Å²) in [6.45, 7) is 4.02. The number of ketones is 1. The second-order valence-electron chi connectivity index (χ2n) is 4.48. The largest absolute Gasteiger partial charge is 0.347 e. The van der Waals surface area contributed by atoms with Gasteiger partial charge in [-0.25, -0.2) is 0 Å². The van der Waals surface area contributed by atoms with Crippen molar-refractivity contribution in [3.8, 4) is 6.07 Å². The molecule has 0 N–H and O–H groups in total. The molecule has 0 bridgehead atoms. The van der Waals surface area contributed by atoms with Crippen LogP contribution in [0.15, 0.2) is 18.2 Å². The fraction of sp³-hybridized carbons (Fsp3) is 0.333. The van der Waals surface area contributed by atoms with Crippen molar-refractivity contribution in [3.05, 3.63) is 35.0 Å². The van der Waals surface area contributed by atoms with Gasteiger partial charge in [0.1, 0.15) is 0 Å². The summed E-state index contributed by atoms with van der Waals surface area (Å²) in [5.41, 5.74) is 3.88. The molecule has 0 radical (unpaired) electrons. The van der Waals surface area contributed by atoms with Gasteiger partial charge in [-0.15, -0.1) is 0 Å². The summed E-state index contributed by atoms with van der Waals surface area (Å²) in [6, 6.07) is 8.13. The first-order chi connectivity index (χ1) is 8.60. The van der Waals surface area contributed by atoms with E-state index in [1.54, 1.807) is 0 Å². The Bertz CT molecular complexity index is 659. The molecule has 3 nitrogen and oxygen atoms in total. The highest BCUT2D eigenvalue weighted by Gasteiger charge is 2.18. The lowest BCUT2D eigenvalue weighted by Gasteiger charge is -1.99. The van der Waals surface area contributed by atoms with Crippen LogP contribution in [0, 0.1) is 18.3 Å². The average molecular weight is 240 g/mol. The van der Waals surface area contributed by atoms with Crippen molar-refractivity contribution in [1.82, 2.24) is 4.57 Å². The van der Waals surface area contributed by atoms with E-state index in [0.29, 0.717) is 5.56 Å². The second kappa shape index (κ2) is 4.66. The Morgan fingerprint density at radius 3 is 2.78 bits per heavy atom. The SMILES string of the molecule is CCc1ccc2c(c1)c(C(=O)CC#N)c(C)n2C. The number of nitrogens with zero attached hydrogens (tertiary/aromatic N) is 2. The molecule has 0 saturated carbocycles. The first kappa shape index (κ1) is 12.4. The molecule has 18 heavy (non-hydrogen) atoms. The molecule has 0 saturated heterocycles. The highest BCUT2D eigenvalue weighted by atomic mass is 16.1. The van der Waals surface area contributed by atoms with Crippen LogP contribution in [0.25, 0.3) is 10.9 Å². The van der Waals surface area contributed by atoms with Gasteiger partial charge in [-0.3, -0.25) is 4.79 Å². The molecule has 0 amide bonds. The van der Waals surface area contributed by atoms with Crippen molar-refractivity contribution >= 4 is 16.7 Å². The zero-order chi connectivity index (χ0) is 13.3. The van der Waals surface area contributed by atoms with Crippen LogP contribution < -0.4 is 0 Å². The summed E-state index contributed by atoms with van der Waals surface area (Å²) in [5.74, 6) is -0.0890. The molecule has 2 rings (SSSR count). The number of nitriles is 1. The van der Waals surface area contributed by atoms with E-state index in [9.17, 15) is 4.79 Å². The number of benzene rings is 1. The van der Waals surface area contributed by atoms with Crippen molar-refractivity contribution in [1.29, 1.82) is 5.26 Å². The van der Waals surface area contributed by atoms with Crippen LogP contribution in [-0.4, -0.2) is 10.4 Å². The van der Waals surface area contributed by atoms with Gasteiger partial charge in [0, 0.05) is 29.2 Å². The summed E-state index contributed by atoms with van der Waals surface area (Å²) in [4.78, 5) is 12.1. The maximum atomic E-state index is 12.1. The topological polar surface area (TPSA) is 45.8 Å². The fourth-order valence-corrected chi connectivity index (χ4v) is 2.35. The van der Waals surface area contributed by atoms with Crippen molar-refractivity contribution in [2.24, 2.45) is 7.05 Å². The second-order valence-corrected chi connectivity index (χ2v) is 4.48. The van der Waals surface area contributed by atoms with Gasteiger partial charge in [0.2, 0.25) is 0 Å². The lowest BCUT2D eigenvalue weighted by Crippen LogP contribution is -2.00. The molecule has 0 aliphatic carbocycles. The molecule has 92 valence electrons. The van der Waals surface area contributed by atoms with E-state index in [-0.39, 0.29) is 12.2 Å². The van der Waals surface area contributed by atoms with E-state index < -0.39 is 0 Å². The molecule has 0 unspecified atom stereocenters. The predicted octanol–water partition coefficient (Wildman–Crippen LogP) is 3.15. The molecule has 1 aromatic carbocycles. The van der Waals surface area contributed by atoms with Crippen molar-refractivity contribution in [3.63, 3.8) is 0 Å². The van der Waals surface area contributed by atoms with Crippen molar-refractivity contribution in [2.75, 3.05) is 0 Å². The summed E-state index contributed by atoms with van der Waals surface area (Å²) >= 11 is 0. The zero-order valence-electron chi connectivity index (χ0n) is 10.9. The molecular weight excluding hydrogens is 224 g/mol. The van der Waals surface area contributed by atoms with E-state index >= 15 is 0 Å². The van der Waals surface area contributed by atoms with Crippen molar-refractivity contribution < 1.29 is 4.79 Å². The van der Waals surface area contributed by atoms with Gasteiger partial charge in [0.15, 0.2) is 5.78 Å². The van der Waals surface area contributed by atoms with Gasteiger partial charge < -0.3 is 4.57 Å². The van der Waals surface area contributed by atoms with Crippen LogP contribution in [0.3, 0.4) is 0 Å². The van der Waals surface area contributed by atoms with Gasteiger partial charge in [0.25, 0.3) is 0 Å². The highest BCUT2D eigenvalue weighted by molar-refractivity contribution is 6.10. The van der Waals surface area contributed by atoms with Crippen molar-refractivity contribution in [2.45, 2.75) is 26.7 Å². The van der Waals surface area contributed by atoms with E-state index in [0.717, 1.165) is 23.0 Å². The van der Waals surface area contributed by atoms with E-state index in [1.165, 1.54) is 5.56 Å². The Labute approximate surface area is 107 Å². The van der Waals surface area contributed by atoms with Crippen LogP contribution in [0.2, 0.25) is 0 Å². The van der Waals surface area contributed by atoms with Crippen LogP contribution in [0.1, 0.15) is 35.0 Å². The zero-order valence-corrected chi connectivity index (χ0v) is 10.9. The Balaban J connectivity index is 2.74. The molecule has 0 fully saturated rings. The molecule has 0 aliphatic heterocycles. The van der Waals surface area contributed by atoms with Crippen LogP contribution in [0.4, 0.5) is 0 Å². The third kappa shape index (κ3) is 1.80. The number of Topliss-reactive ketones (excluding diaryl/α,β-unsaturated/α-hetero) is 1. The number of hydrogen-bond donors (Lipinski definition) is 0. The van der Waals surface area contributed by atoms with Gasteiger partial charge in [-0.05, 0) is 31.0 Å². The van der Waals surface area contributed by atoms with Crippen LogP contribution in [0.5, 0.6) is 0 Å². The molecule has 0 atom stereocenters. The normalized spacial score (nSPS) is 10.6. The summed E-state index contributed by atoms with van der Waals surface area (Å²) in [7, 11) is 1.95. The van der Waals surface area contributed by atoms with Gasteiger partial charge in [0.05, 0.1) is 12.5 Å². The minimum absolute atomic E-state index is 0.0592. The molecule has 0 aliphatic rings. The fourth-order valence-electron chi connectivity index (χ4n) is 2.35. The molecule has 1 heterocycles. The number of aromatic nitrogens is 1. The third-order valence-electron chi connectivity index (χ3n) is 3.48. The number of fused-ring (bicyclic) bond motifs is 1. The minimum atomic E-state index is -0.0890. The standard InChI is InChI=1S/C15H16N2O/c1-4-11-5-6-13-12(9-11)15(10(2)17(13)3)14(18)7-8-16/h5-6,9H,4,7H2,1-3H3. The Hall–Kier alpha value is -2.08. The first-order valence-corrected chi connectivity index (χ1v) is 6.08. The number of rotatable bonds is 3. The Morgan fingerprint density at radius 1 is 1.44 bits per heavy atom. The Kier molecular flexibility index (Phi) is 3.20. The smallest absolute Gasteiger partial charge is 0.179 e. The monoisotopic (exact) mass is 240 g/mol. The lowest BCUT2D eigenvalue weighted by molar-refractivity contribution is 0.0998. The molecule has 2 aromatic rings. The van der Waals surface area contributed by atoms with Gasteiger partial charge in [-0.2, -0.15) is 5.26 Å². The van der Waals surface area contributed by atoms with E-state index in [2.05, 4.69) is 19.1 Å². The maximum absolute atomic E-state index is 12.1. The third-order valence-corrected chi connectivity index (χ3v) is 3.48. The lowest BCUT2D eigenvalue weighted by atomic mass is 10.0.